The van der Waals surface area contributed by atoms with Crippen molar-refractivity contribution >= 4 is 23.4 Å². The van der Waals surface area contributed by atoms with Gasteiger partial charge in [0.25, 0.3) is 0 Å². The standard InChI is InChI=1S/C12H17ClO3S/c1-15-11-7-9(8-14)6-10(13)12(11)16-4-3-5-17-2/h6-7,14H,3-5,8H2,1-2H3. The molecule has 0 spiro atoms. The molecule has 5 heteroatoms. The van der Waals surface area contributed by atoms with Gasteiger partial charge in [-0.2, -0.15) is 11.8 Å². The number of ether oxygens (including phenoxy) is 2. The summed E-state index contributed by atoms with van der Waals surface area (Å²) < 4.78 is 10.8. The number of benzene rings is 1. The first-order valence-electron chi connectivity index (χ1n) is 5.32. The van der Waals surface area contributed by atoms with Gasteiger partial charge in [0, 0.05) is 0 Å². The molecule has 0 aliphatic heterocycles. The Bertz CT molecular complexity index is 358. The highest BCUT2D eigenvalue weighted by molar-refractivity contribution is 7.98. The number of halogens is 1. The highest BCUT2D eigenvalue weighted by Crippen LogP contribution is 2.36. The zero-order valence-electron chi connectivity index (χ0n) is 10.0. The van der Waals surface area contributed by atoms with Crippen molar-refractivity contribution in [3.05, 3.63) is 22.7 Å². The molecule has 96 valence electrons. The van der Waals surface area contributed by atoms with Crippen LogP contribution >= 0.6 is 23.4 Å². The Labute approximate surface area is 111 Å². The lowest BCUT2D eigenvalue weighted by Gasteiger charge is -2.13. The Morgan fingerprint density at radius 1 is 1.41 bits per heavy atom. The van der Waals surface area contributed by atoms with Gasteiger partial charge in [0.15, 0.2) is 11.5 Å². The number of thioether (sulfide) groups is 1. The van der Waals surface area contributed by atoms with Crippen LogP contribution in [0.1, 0.15) is 12.0 Å². The predicted molar refractivity (Wildman–Crippen MR) is 72.4 cm³/mol. The van der Waals surface area contributed by atoms with Gasteiger partial charge in [-0.1, -0.05) is 11.6 Å². The Morgan fingerprint density at radius 3 is 2.76 bits per heavy atom. The first-order chi connectivity index (χ1) is 8.22. The van der Waals surface area contributed by atoms with E-state index in [0.717, 1.165) is 12.2 Å². The van der Waals surface area contributed by atoms with E-state index in [2.05, 4.69) is 6.26 Å². The Hall–Kier alpha value is -0.580. The molecule has 0 aliphatic carbocycles. The van der Waals surface area contributed by atoms with Gasteiger partial charge < -0.3 is 14.6 Å². The fraction of sp³-hybridized carbons (Fsp3) is 0.500. The first-order valence-corrected chi connectivity index (χ1v) is 7.09. The maximum absolute atomic E-state index is 9.06. The zero-order chi connectivity index (χ0) is 12.7. The molecule has 0 unspecified atom stereocenters. The number of hydrogen-bond donors (Lipinski definition) is 1. The molecule has 0 amide bonds. The molecule has 0 saturated carbocycles. The second-order valence-corrected chi connectivity index (χ2v) is 4.85. The fourth-order valence-corrected chi connectivity index (χ4v) is 2.08. The lowest BCUT2D eigenvalue weighted by molar-refractivity contribution is 0.277. The van der Waals surface area contributed by atoms with Crippen molar-refractivity contribution in [2.45, 2.75) is 13.0 Å². The van der Waals surface area contributed by atoms with Crippen molar-refractivity contribution in [1.82, 2.24) is 0 Å². The second kappa shape index (κ2) is 7.69. The van der Waals surface area contributed by atoms with Gasteiger partial charge in [-0.3, -0.25) is 0 Å². The summed E-state index contributed by atoms with van der Waals surface area (Å²) in [5.41, 5.74) is 0.711. The smallest absolute Gasteiger partial charge is 0.179 e. The van der Waals surface area contributed by atoms with Crippen LogP contribution in [-0.4, -0.2) is 30.8 Å². The van der Waals surface area contributed by atoms with Crippen LogP contribution in [0, 0.1) is 0 Å². The first kappa shape index (κ1) is 14.5. The number of aliphatic hydroxyl groups excluding tert-OH is 1. The zero-order valence-corrected chi connectivity index (χ0v) is 11.6. The van der Waals surface area contributed by atoms with Crippen molar-refractivity contribution in [2.24, 2.45) is 0 Å². The van der Waals surface area contributed by atoms with Crippen LogP contribution in [0.2, 0.25) is 5.02 Å². The van der Waals surface area contributed by atoms with E-state index >= 15 is 0 Å². The molecule has 0 aromatic heterocycles. The summed E-state index contributed by atoms with van der Waals surface area (Å²) in [5, 5.41) is 9.53. The number of hydrogen-bond acceptors (Lipinski definition) is 4. The Kier molecular flexibility index (Phi) is 6.55. The highest BCUT2D eigenvalue weighted by Gasteiger charge is 2.11. The summed E-state index contributed by atoms with van der Waals surface area (Å²) in [4.78, 5) is 0. The number of aliphatic hydroxyl groups is 1. The summed E-state index contributed by atoms with van der Waals surface area (Å²) in [6.07, 6.45) is 3.02. The van der Waals surface area contributed by atoms with Gasteiger partial charge in [-0.15, -0.1) is 0 Å². The van der Waals surface area contributed by atoms with Crippen molar-refractivity contribution < 1.29 is 14.6 Å². The molecule has 0 fully saturated rings. The van der Waals surface area contributed by atoms with Crippen LogP contribution in [0.25, 0.3) is 0 Å². The highest BCUT2D eigenvalue weighted by atomic mass is 35.5. The molecule has 0 aliphatic rings. The lowest BCUT2D eigenvalue weighted by atomic mass is 10.2. The van der Waals surface area contributed by atoms with Gasteiger partial charge in [-0.25, -0.2) is 0 Å². The van der Waals surface area contributed by atoms with E-state index < -0.39 is 0 Å². The van der Waals surface area contributed by atoms with E-state index in [1.54, 1.807) is 31.0 Å². The van der Waals surface area contributed by atoms with Crippen LogP contribution in [0.3, 0.4) is 0 Å². The molecule has 1 aromatic carbocycles. The predicted octanol–water partition coefficient (Wildman–Crippen LogP) is 2.97. The quantitative estimate of drug-likeness (QED) is 0.777. The molecule has 1 rings (SSSR count). The molecule has 1 aromatic rings. The molecule has 0 bridgehead atoms. The normalized spacial score (nSPS) is 10.4. The van der Waals surface area contributed by atoms with Gasteiger partial charge in [0.2, 0.25) is 0 Å². The van der Waals surface area contributed by atoms with E-state index in [0.29, 0.717) is 28.7 Å². The van der Waals surface area contributed by atoms with E-state index in [1.165, 1.54) is 0 Å². The second-order valence-electron chi connectivity index (χ2n) is 3.46. The average molecular weight is 277 g/mol. The minimum atomic E-state index is -0.0666. The summed E-state index contributed by atoms with van der Waals surface area (Å²) in [6, 6.07) is 3.42. The fourth-order valence-electron chi connectivity index (χ4n) is 1.38. The van der Waals surface area contributed by atoms with Gasteiger partial charge in [-0.05, 0) is 36.1 Å². The molecule has 17 heavy (non-hydrogen) atoms. The summed E-state index contributed by atoms with van der Waals surface area (Å²) in [6.45, 7) is 0.540. The molecule has 1 N–H and O–H groups in total. The Morgan fingerprint density at radius 2 is 2.18 bits per heavy atom. The monoisotopic (exact) mass is 276 g/mol. The number of rotatable bonds is 7. The molecule has 0 radical (unpaired) electrons. The molecular weight excluding hydrogens is 260 g/mol. The van der Waals surface area contributed by atoms with Crippen molar-refractivity contribution in [2.75, 3.05) is 25.7 Å². The van der Waals surface area contributed by atoms with E-state index in [4.69, 9.17) is 26.2 Å². The minimum absolute atomic E-state index is 0.0666. The van der Waals surface area contributed by atoms with Crippen LogP contribution in [0.4, 0.5) is 0 Å². The summed E-state index contributed by atoms with van der Waals surface area (Å²) in [5.74, 6) is 2.16. The van der Waals surface area contributed by atoms with E-state index in [9.17, 15) is 0 Å². The molecule has 0 heterocycles. The van der Waals surface area contributed by atoms with Crippen molar-refractivity contribution in [1.29, 1.82) is 0 Å². The van der Waals surface area contributed by atoms with E-state index in [-0.39, 0.29) is 6.61 Å². The average Bonchev–Trinajstić information content (AvgIpc) is 2.35. The Balaban J connectivity index is 2.75. The molecular formula is C12H17ClO3S. The number of methoxy groups -OCH3 is 1. The largest absolute Gasteiger partial charge is 0.493 e. The molecule has 3 nitrogen and oxygen atoms in total. The topological polar surface area (TPSA) is 38.7 Å². The van der Waals surface area contributed by atoms with Gasteiger partial charge >= 0.3 is 0 Å². The van der Waals surface area contributed by atoms with Crippen molar-refractivity contribution in [3.63, 3.8) is 0 Å². The van der Waals surface area contributed by atoms with E-state index in [1.807, 2.05) is 0 Å². The van der Waals surface area contributed by atoms with Crippen LogP contribution in [0.5, 0.6) is 11.5 Å². The summed E-state index contributed by atoms with van der Waals surface area (Å²) in [7, 11) is 1.56. The van der Waals surface area contributed by atoms with Crippen LogP contribution in [0.15, 0.2) is 12.1 Å². The summed E-state index contributed by atoms with van der Waals surface area (Å²) >= 11 is 7.86. The third-order valence-corrected chi connectivity index (χ3v) is 3.19. The van der Waals surface area contributed by atoms with Crippen LogP contribution in [-0.2, 0) is 6.61 Å². The third-order valence-electron chi connectivity index (χ3n) is 2.21. The van der Waals surface area contributed by atoms with Gasteiger partial charge in [0.1, 0.15) is 0 Å². The molecule has 0 saturated heterocycles. The minimum Gasteiger partial charge on any atom is -0.493 e. The molecule has 0 atom stereocenters. The van der Waals surface area contributed by atoms with Crippen molar-refractivity contribution in [3.8, 4) is 11.5 Å². The lowest BCUT2D eigenvalue weighted by Crippen LogP contribution is -2.02. The maximum atomic E-state index is 9.06. The van der Waals surface area contributed by atoms with Crippen LogP contribution < -0.4 is 9.47 Å². The third kappa shape index (κ3) is 4.30. The van der Waals surface area contributed by atoms with Gasteiger partial charge in [0.05, 0.1) is 25.3 Å². The maximum Gasteiger partial charge on any atom is 0.179 e. The SMILES string of the molecule is COc1cc(CO)cc(Cl)c1OCCCSC.